The Hall–Kier alpha value is -3.15. The van der Waals surface area contributed by atoms with E-state index in [1.54, 1.807) is 62.5 Å². The third-order valence-corrected chi connectivity index (χ3v) is 4.30. The predicted molar refractivity (Wildman–Crippen MR) is 97.0 cm³/mol. The van der Waals surface area contributed by atoms with Crippen molar-refractivity contribution >= 4 is 17.4 Å². The third-order valence-electron chi connectivity index (χ3n) is 4.30. The molecule has 1 unspecified atom stereocenters. The fourth-order valence-corrected chi connectivity index (χ4v) is 3.01. The van der Waals surface area contributed by atoms with Crippen molar-refractivity contribution in [2.45, 2.75) is 19.9 Å². The van der Waals surface area contributed by atoms with Gasteiger partial charge in [-0.3, -0.25) is 19.5 Å². The van der Waals surface area contributed by atoms with E-state index in [9.17, 15) is 14.7 Å². The lowest BCUT2D eigenvalue weighted by Gasteiger charge is -2.26. The number of aromatic nitrogens is 1. The molecule has 1 aromatic heterocycles. The standard InChI is InChI=1S/C20H20N2O4/c1-12(2)18(23)16-17(15-9-4-5-10-21-15)22(20(25)19(16)24)13-7-6-8-14(11-13)26-3/h4-12,17,24H,1-3H3. The Morgan fingerprint density at radius 3 is 2.62 bits per heavy atom. The number of amides is 1. The van der Waals surface area contributed by atoms with Crippen molar-refractivity contribution in [1.82, 2.24) is 4.98 Å². The number of carbonyl (C=O) groups is 2. The number of benzene rings is 1. The van der Waals surface area contributed by atoms with Crippen LogP contribution in [0.4, 0.5) is 5.69 Å². The summed E-state index contributed by atoms with van der Waals surface area (Å²) in [4.78, 5) is 31.3. The maximum absolute atomic E-state index is 12.8. The fraction of sp³-hybridized carbons (Fsp3) is 0.250. The second-order valence-electron chi connectivity index (χ2n) is 6.32. The highest BCUT2D eigenvalue weighted by Crippen LogP contribution is 2.41. The van der Waals surface area contributed by atoms with Crippen LogP contribution in [0.1, 0.15) is 25.6 Å². The summed E-state index contributed by atoms with van der Waals surface area (Å²) < 4.78 is 5.23. The predicted octanol–water partition coefficient (Wildman–Crippen LogP) is 3.22. The average molecular weight is 352 g/mol. The highest BCUT2D eigenvalue weighted by atomic mass is 16.5. The van der Waals surface area contributed by atoms with Crippen LogP contribution >= 0.6 is 0 Å². The number of anilines is 1. The van der Waals surface area contributed by atoms with Crippen LogP contribution in [0.25, 0.3) is 0 Å². The smallest absolute Gasteiger partial charge is 0.294 e. The molecule has 0 spiro atoms. The lowest BCUT2D eigenvalue weighted by atomic mass is 9.93. The maximum atomic E-state index is 12.8. The number of hydrogen-bond donors (Lipinski definition) is 1. The van der Waals surface area contributed by atoms with E-state index in [0.29, 0.717) is 17.1 Å². The van der Waals surface area contributed by atoms with Crippen LogP contribution in [0.2, 0.25) is 0 Å². The summed E-state index contributed by atoms with van der Waals surface area (Å²) >= 11 is 0. The van der Waals surface area contributed by atoms with Crippen LogP contribution in [0.3, 0.4) is 0 Å². The van der Waals surface area contributed by atoms with Crippen LogP contribution in [-0.2, 0) is 9.59 Å². The van der Waals surface area contributed by atoms with Crippen molar-refractivity contribution in [3.05, 3.63) is 65.7 Å². The monoisotopic (exact) mass is 352 g/mol. The van der Waals surface area contributed by atoms with Crippen molar-refractivity contribution in [3.63, 3.8) is 0 Å². The van der Waals surface area contributed by atoms with Crippen LogP contribution in [0.15, 0.2) is 60.0 Å². The summed E-state index contributed by atoms with van der Waals surface area (Å²) in [6, 6.07) is 11.4. The van der Waals surface area contributed by atoms with E-state index >= 15 is 0 Å². The van der Waals surface area contributed by atoms with E-state index in [0.717, 1.165) is 0 Å². The first-order chi connectivity index (χ1) is 12.5. The van der Waals surface area contributed by atoms with Crippen molar-refractivity contribution in [1.29, 1.82) is 0 Å². The SMILES string of the molecule is COc1cccc(N2C(=O)C(O)=C(C(=O)C(C)C)C2c2ccccn2)c1. The Morgan fingerprint density at radius 2 is 2.00 bits per heavy atom. The van der Waals surface area contributed by atoms with Gasteiger partial charge in [0.25, 0.3) is 5.91 Å². The summed E-state index contributed by atoms with van der Waals surface area (Å²) in [5.41, 5.74) is 1.10. The Kier molecular flexibility index (Phi) is 4.75. The number of ketones is 1. The first-order valence-electron chi connectivity index (χ1n) is 8.31. The van der Waals surface area contributed by atoms with E-state index in [2.05, 4.69) is 4.98 Å². The molecule has 2 aromatic rings. The molecule has 0 saturated heterocycles. The van der Waals surface area contributed by atoms with E-state index in [1.165, 1.54) is 12.0 Å². The zero-order valence-electron chi connectivity index (χ0n) is 14.8. The summed E-state index contributed by atoms with van der Waals surface area (Å²) in [5.74, 6) is -1.23. The molecule has 2 heterocycles. The van der Waals surface area contributed by atoms with Gasteiger partial charge in [0.1, 0.15) is 11.8 Å². The second-order valence-corrected chi connectivity index (χ2v) is 6.32. The number of rotatable bonds is 5. The van der Waals surface area contributed by atoms with Gasteiger partial charge >= 0.3 is 0 Å². The number of hydrogen-bond acceptors (Lipinski definition) is 5. The molecule has 0 radical (unpaired) electrons. The van der Waals surface area contributed by atoms with Gasteiger partial charge in [-0.15, -0.1) is 0 Å². The highest BCUT2D eigenvalue weighted by Gasteiger charge is 2.45. The molecule has 0 bridgehead atoms. The van der Waals surface area contributed by atoms with Gasteiger partial charge in [0.15, 0.2) is 11.5 Å². The largest absolute Gasteiger partial charge is 0.503 e. The lowest BCUT2D eigenvalue weighted by Crippen LogP contribution is -2.32. The molecule has 0 saturated carbocycles. The summed E-state index contributed by atoms with van der Waals surface area (Å²) in [6.07, 6.45) is 1.59. The lowest BCUT2D eigenvalue weighted by molar-refractivity contribution is -0.119. The van der Waals surface area contributed by atoms with E-state index in [-0.39, 0.29) is 17.3 Å². The van der Waals surface area contributed by atoms with Crippen LogP contribution in [0.5, 0.6) is 5.75 Å². The van der Waals surface area contributed by atoms with Crippen LogP contribution in [0, 0.1) is 5.92 Å². The van der Waals surface area contributed by atoms with Gasteiger partial charge in [-0.25, -0.2) is 0 Å². The Labute approximate surface area is 151 Å². The second kappa shape index (κ2) is 7.00. The van der Waals surface area contributed by atoms with Gasteiger partial charge in [-0.1, -0.05) is 26.0 Å². The summed E-state index contributed by atoms with van der Waals surface area (Å²) in [6.45, 7) is 3.47. The molecule has 1 amide bonds. The number of ether oxygens (including phenoxy) is 1. The highest BCUT2D eigenvalue weighted by molar-refractivity contribution is 6.16. The maximum Gasteiger partial charge on any atom is 0.294 e. The van der Waals surface area contributed by atoms with Gasteiger partial charge in [0.2, 0.25) is 0 Å². The van der Waals surface area contributed by atoms with Gasteiger partial charge in [0, 0.05) is 23.9 Å². The van der Waals surface area contributed by atoms with E-state index in [4.69, 9.17) is 4.74 Å². The third kappa shape index (κ3) is 2.94. The van der Waals surface area contributed by atoms with E-state index < -0.39 is 17.7 Å². The topological polar surface area (TPSA) is 79.7 Å². The summed E-state index contributed by atoms with van der Waals surface area (Å²) in [5, 5.41) is 10.5. The number of aliphatic hydroxyl groups excluding tert-OH is 1. The van der Waals surface area contributed by atoms with Crippen LogP contribution < -0.4 is 9.64 Å². The minimum Gasteiger partial charge on any atom is -0.503 e. The number of aliphatic hydroxyl groups is 1. The van der Waals surface area contributed by atoms with Crippen molar-refractivity contribution in [2.24, 2.45) is 5.92 Å². The molecule has 1 atom stereocenters. The zero-order valence-corrected chi connectivity index (χ0v) is 14.8. The number of methoxy groups -OCH3 is 1. The van der Waals surface area contributed by atoms with Crippen LogP contribution in [-0.4, -0.2) is 28.9 Å². The molecule has 3 rings (SSSR count). The first kappa shape index (κ1) is 17.7. The molecule has 6 heteroatoms. The molecule has 1 N–H and O–H groups in total. The Balaban J connectivity index is 2.18. The molecule has 0 aliphatic carbocycles. The first-order valence-corrected chi connectivity index (χ1v) is 8.31. The molecule has 26 heavy (non-hydrogen) atoms. The summed E-state index contributed by atoms with van der Waals surface area (Å²) in [7, 11) is 1.53. The minimum atomic E-state index is -0.786. The number of Topliss-reactive ketones (excluding diaryl/α,β-unsaturated/α-hetero) is 1. The molecule has 6 nitrogen and oxygen atoms in total. The zero-order chi connectivity index (χ0) is 18.8. The average Bonchev–Trinajstić information content (AvgIpc) is 2.93. The minimum absolute atomic E-state index is 0.0755. The van der Waals surface area contributed by atoms with Gasteiger partial charge in [-0.2, -0.15) is 0 Å². The van der Waals surface area contributed by atoms with Crippen molar-refractivity contribution in [2.75, 3.05) is 12.0 Å². The molecule has 0 fully saturated rings. The number of nitrogens with zero attached hydrogens (tertiary/aromatic N) is 2. The Bertz CT molecular complexity index is 874. The van der Waals surface area contributed by atoms with Gasteiger partial charge < -0.3 is 9.84 Å². The number of carbonyl (C=O) groups excluding carboxylic acids is 2. The molecule has 134 valence electrons. The quantitative estimate of drug-likeness (QED) is 0.894. The fourth-order valence-electron chi connectivity index (χ4n) is 3.01. The van der Waals surface area contributed by atoms with Crippen molar-refractivity contribution in [3.8, 4) is 5.75 Å². The molecular formula is C20H20N2O4. The molecule has 1 aliphatic rings. The number of pyridine rings is 1. The Morgan fingerprint density at radius 1 is 1.23 bits per heavy atom. The normalized spacial score (nSPS) is 17.2. The molecular weight excluding hydrogens is 332 g/mol. The molecule has 1 aromatic carbocycles. The van der Waals surface area contributed by atoms with Gasteiger partial charge in [-0.05, 0) is 24.3 Å². The molecule has 1 aliphatic heterocycles. The van der Waals surface area contributed by atoms with E-state index in [1.807, 2.05) is 0 Å². The van der Waals surface area contributed by atoms with Gasteiger partial charge in [0.05, 0.1) is 18.4 Å². The van der Waals surface area contributed by atoms with Crippen molar-refractivity contribution < 1.29 is 19.4 Å².